The van der Waals surface area contributed by atoms with Gasteiger partial charge in [0.05, 0.1) is 6.21 Å². The molecule has 2 rings (SSSR count). The molecule has 0 aromatic heterocycles. The van der Waals surface area contributed by atoms with Crippen molar-refractivity contribution in [1.29, 1.82) is 0 Å². The Kier molecular flexibility index (Phi) is 7.49. The van der Waals surface area contributed by atoms with E-state index in [1.807, 2.05) is 48.5 Å². The minimum absolute atomic E-state index is 0.0653. The van der Waals surface area contributed by atoms with Gasteiger partial charge in [0, 0.05) is 4.47 Å². The summed E-state index contributed by atoms with van der Waals surface area (Å²) in [6.45, 7) is 2.11. The Morgan fingerprint density at radius 2 is 2.04 bits per heavy atom. The maximum absolute atomic E-state index is 11.7. The molecule has 0 saturated heterocycles. The number of hydrogen-bond donors (Lipinski definition) is 1. The molecule has 4 nitrogen and oxygen atoms in total. The lowest BCUT2D eigenvalue weighted by Gasteiger charge is -2.06. The predicted octanol–water partition coefficient (Wildman–Crippen LogP) is 4.32. The minimum atomic E-state index is -0.295. The summed E-state index contributed by atoms with van der Waals surface area (Å²) >= 11 is 3.38. The summed E-state index contributed by atoms with van der Waals surface area (Å²) in [5, 5.41) is 3.92. The molecule has 0 bridgehead atoms. The standard InChI is InChI=1S/C19H21BrN2O2/c1-2-3-5-15-8-10-18(11-9-15)24-14-19(23)22-21-13-16-6-4-7-17(20)12-16/h4,6-13H,2-3,5,14H2,1H3,(H,22,23). The van der Waals surface area contributed by atoms with E-state index in [1.54, 1.807) is 6.21 Å². The number of rotatable bonds is 8. The second-order valence-electron chi connectivity index (χ2n) is 5.38. The first kappa shape index (κ1) is 18.2. The second-order valence-corrected chi connectivity index (χ2v) is 6.30. The molecule has 126 valence electrons. The maximum Gasteiger partial charge on any atom is 0.277 e. The predicted molar refractivity (Wildman–Crippen MR) is 100 cm³/mol. The van der Waals surface area contributed by atoms with Crippen molar-refractivity contribution >= 4 is 28.1 Å². The summed E-state index contributed by atoms with van der Waals surface area (Å²) in [5.74, 6) is 0.387. The fraction of sp³-hybridized carbons (Fsp3) is 0.263. The van der Waals surface area contributed by atoms with Crippen LogP contribution in [0.3, 0.4) is 0 Å². The van der Waals surface area contributed by atoms with E-state index < -0.39 is 0 Å². The Morgan fingerprint density at radius 3 is 2.75 bits per heavy atom. The third-order valence-corrected chi connectivity index (χ3v) is 3.86. The Labute approximate surface area is 151 Å². The molecule has 0 heterocycles. The molecule has 24 heavy (non-hydrogen) atoms. The van der Waals surface area contributed by atoms with Crippen LogP contribution >= 0.6 is 15.9 Å². The molecule has 0 unspecified atom stereocenters. The van der Waals surface area contributed by atoms with Gasteiger partial charge in [0.1, 0.15) is 5.75 Å². The molecule has 0 spiro atoms. The first-order valence-electron chi connectivity index (χ1n) is 7.96. The average molecular weight is 389 g/mol. The van der Waals surface area contributed by atoms with Gasteiger partial charge in [0.15, 0.2) is 6.61 Å². The van der Waals surface area contributed by atoms with Crippen LogP contribution in [0, 0.1) is 0 Å². The smallest absolute Gasteiger partial charge is 0.277 e. The van der Waals surface area contributed by atoms with Crippen molar-refractivity contribution in [3.63, 3.8) is 0 Å². The first-order chi connectivity index (χ1) is 11.7. The van der Waals surface area contributed by atoms with Crippen molar-refractivity contribution in [1.82, 2.24) is 5.43 Å². The monoisotopic (exact) mass is 388 g/mol. The highest BCUT2D eigenvalue weighted by molar-refractivity contribution is 9.10. The first-order valence-corrected chi connectivity index (χ1v) is 8.76. The third kappa shape index (κ3) is 6.54. The van der Waals surface area contributed by atoms with E-state index in [2.05, 4.69) is 33.4 Å². The number of amides is 1. The summed E-state index contributed by atoms with van der Waals surface area (Å²) in [4.78, 5) is 11.7. The number of unbranched alkanes of at least 4 members (excludes halogenated alkanes) is 1. The Morgan fingerprint density at radius 1 is 1.25 bits per heavy atom. The van der Waals surface area contributed by atoms with Crippen molar-refractivity contribution in [3.05, 3.63) is 64.1 Å². The normalized spacial score (nSPS) is 10.8. The molecule has 0 atom stereocenters. The Balaban J connectivity index is 1.74. The maximum atomic E-state index is 11.7. The lowest BCUT2D eigenvalue weighted by atomic mass is 10.1. The number of ether oxygens (including phenoxy) is 1. The van der Waals surface area contributed by atoms with Gasteiger partial charge in [-0.05, 0) is 48.2 Å². The van der Waals surface area contributed by atoms with Crippen LogP contribution in [0.25, 0.3) is 0 Å². The molecule has 0 fully saturated rings. The highest BCUT2D eigenvalue weighted by Crippen LogP contribution is 2.14. The van der Waals surface area contributed by atoms with Crippen molar-refractivity contribution in [2.24, 2.45) is 5.10 Å². The summed E-state index contributed by atoms with van der Waals surface area (Å²) in [5.41, 5.74) is 4.63. The van der Waals surface area contributed by atoms with Crippen LogP contribution in [0.5, 0.6) is 5.75 Å². The molecule has 2 aromatic carbocycles. The van der Waals surface area contributed by atoms with E-state index in [-0.39, 0.29) is 12.5 Å². The van der Waals surface area contributed by atoms with E-state index in [1.165, 1.54) is 18.4 Å². The zero-order valence-corrected chi connectivity index (χ0v) is 15.3. The van der Waals surface area contributed by atoms with Gasteiger partial charge in [-0.2, -0.15) is 5.10 Å². The summed E-state index contributed by atoms with van der Waals surface area (Å²) in [7, 11) is 0. The van der Waals surface area contributed by atoms with E-state index in [9.17, 15) is 4.79 Å². The van der Waals surface area contributed by atoms with Gasteiger partial charge in [-0.1, -0.05) is 53.5 Å². The summed E-state index contributed by atoms with van der Waals surface area (Å²) in [6, 6.07) is 15.5. The molecular formula is C19H21BrN2O2. The van der Waals surface area contributed by atoms with Gasteiger partial charge >= 0.3 is 0 Å². The average Bonchev–Trinajstić information content (AvgIpc) is 2.59. The zero-order chi connectivity index (χ0) is 17.2. The Bertz CT molecular complexity index is 684. The number of nitrogens with zero attached hydrogens (tertiary/aromatic N) is 1. The summed E-state index contributed by atoms with van der Waals surface area (Å²) in [6.07, 6.45) is 5.02. The van der Waals surface area contributed by atoms with Crippen LogP contribution in [0.2, 0.25) is 0 Å². The largest absolute Gasteiger partial charge is 0.484 e. The number of benzene rings is 2. The molecule has 5 heteroatoms. The van der Waals surface area contributed by atoms with Crippen LogP contribution in [-0.4, -0.2) is 18.7 Å². The van der Waals surface area contributed by atoms with Crippen LogP contribution in [0.1, 0.15) is 30.9 Å². The topological polar surface area (TPSA) is 50.7 Å². The van der Waals surface area contributed by atoms with Crippen molar-refractivity contribution < 1.29 is 9.53 Å². The molecule has 2 aromatic rings. The minimum Gasteiger partial charge on any atom is -0.484 e. The molecule has 1 N–H and O–H groups in total. The Hall–Kier alpha value is -2.14. The number of halogens is 1. The molecule has 0 aliphatic carbocycles. The molecule has 0 aliphatic rings. The number of hydrogen-bond acceptors (Lipinski definition) is 3. The van der Waals surface area contributed by atoms with Gasteiger partial charge in [0.25, 0.3) is 5.91 Å². The number of carbonyl (C=O) groups is 1. The lowest BCUT2D eigenvalue weighted by Crippen LogP contribution is -2.24. The van der Waals surface area contributed by atoms with E-state index in [4.69, 9.17) is 4.74 Å². The summed E-state index contributed by atoms with van der Waals surface area (Å²) < 4.78 is 6.42. The van der Waals surface area contributed by atoms with Gasteiger partial charge < -0.3 is 4.74 Å². The molecule has 0 saturated carbocycles. The number of aryl methyl sites for hydroxylation is 1. The highest BCUT2D eigenvalue weighted by atomic mass is 79.9. The highest BCUT2D eigenvalue weighted by Gasteiger charge is 2.01. The lowest BCUT2D eigenvalue weighted by molar-refractivity contribution is -0.123. The SMILES string of the molecule is CCCCc1ccc(OCC(=O)NN=Cc2cccc(Br)c2)cc1. The van der Waals surface area contributed by atoms with E-state index in [0.29, 0.717) is 5.75 Å². The van der Waals surface area contributed by atoms with Gasteiger partial charge in [-0.15, -0.1) is 0 Å². The van der Waals surface area contributed by atoms with Gasteiger partial charge in [0.2, 0.25) is 0 Å². The fourth-order valence-corrected chi connectivity index (χ4v) is 2.50. The van der Waals surface area contributed by atoms with E-state index in [0.717, 1.165) is 16.5 Å². The number of nitrogens with one attached hydrogen (secondary N) is 1. The quantitative estimate of drug-likeness (QED) is 0.540. The van der Waals surface area contributed by atoms with Crippen molar-refractivity contribution in [3.8, 4) is 5.75 Å². The number of carbonyl (C=O) groups excluding carboxylic acids is 1. The third-order valence-electron chi connectivity index (χ3n) is 3.36. The van der Waals surface area contributed by atoms with Crippen LogP contribution in [-0.2, 0) is 11.2 Å². The molecule has 1 amide bonds. The van der Waals surface area contributed by atoms with E-state index >= 15 is 0 Å². The van der Waals surface area contributed by atoms with Gasteiger partial charge in [-0.3, -0.25) is 4.79 Å². The second kappa shape index (κ2) is 9.88. The zero-order valence-electron chi connectivity index (χ0n) is 13.7. The van der Waals surface area contributed by atoms with Crippen molar-refractivity contribution in [2.75, 3.05) is 6.61 Å². The van der Waals surface area contributed by atoms with Crippen molar-refractivity contribution in [2.45, 2.75) is 26.2 Å². The van der Waals surface area contributed by atoms with Crippen LogP contribution in [0.15, 0.2) is 58.1 Å². The number of hydrazone groups is 1. The van der Waals surface area contributed by atoms with Crippen LogP contribution < -0.4 is 10.2 Å². The molecular weight excluding hydrogens is 368 g/mol. The molecule has 0 aliphatic heterocycles. The molecule has 0 radical (unpaired) electrons. The fourth-order valence-electron chi connectivity index (χ4n) is 2.08. The van der Waals surface area contributed by atoms with Crippen LogP contribution in [0.4, 0.5) is 0 Å². The van der Waals surface area contributed by atoms with Gasteiger partial charge in [-0.25, -0.2) is 5.43 Å².